The molecule has 0 unspecified atom stereocenters. The molecule has 0 atom stereocenters. The molecule has 1 heterocycles. The summed E-state index contributed by atoms with van der Waals surface area (Å²) in [6, 6.07) is 19.8. The molecule has 4 aromatic rings. The van der Waals surface area contributed by atoms with Gasteiger partial charge >= 0.3 is 0 Å². The van der Waals surface area contributed by atoms with E-state index in [1.165, 1.54) is 12.1 Å². The van der Waals surface area contributed by atoms with Crippen molar-refractivity contribution in [2.75, 3.05) is 11.9 Å². The van der Waals surface area contributed by atoms with Crippen LogP contribution in [0.5, 0.6) is 0 Å². The number of benzene rings is 3. The number of anilines is 1. The minimum atomic E-state index is -0.391. The van der Waals surface area contributed by atoms with Gasteiger partial charge in [-0.3, -0.25) is 9.59 Å². The zero-order valence-electron chi connectivity index (χ0n) is 16.6. The number of amides is 2. The Labute approximate surface area is 173 Å². The molecule has 2 amide bonds. The number of nitrogens with zero attached hydrogens (tertiary/aromatic N) is 1. The third kappa shape index (κ3) is 4.03. The molecule has 0 aliphatic rings. The second kappa shape index (κ2) is 8.37. The molecule has 0 saturated heterocycles. The van der Waals surface area contributed by atoms with Gasteiger partial charge in [-0.1, -0.05) is 30.3 Å². The van der Waals surface area contributed by atoms with Gasteiger partial charge in [-0.05, 0) is 48.9 Å². The SMILES string of the molecule is CCn1c2ccccc2c2cc(NC(=O)CNC(=O)Cc3cccc(F)c3)ccc21. The van der Waals surface area contributed by atoms with Gasteiger partial charge in [0.2, 0.25) is 11.8 Å². The Bertz CT molecular complexity index is 1250. The maximum absolute atomic E-state index is 13.2. The lowest BCUT2D eigenvalue weighted by Gasteiger charge is -2.08. The first kappa shape index (κ1) is 19.6. The largest absolute Gasteiger partial charge is 0.347 e. The molecule has 3 aromatic carbocycles. The van der Waals surface area contributed by atoms with Gasteiger partial charge in [0.15, 0.2) is 0 Å². The van der Waals surface area contributed by atoms with Crippen LogP contribution in [0.15, 0.2) is 66.7 Å². The number of carbonyl (C=O) groups excluding carboxylic acids is 2. The highest BCUT2D eigenvalue weighted by Gasteiger charge is 2.11. The maximum Gasteiger partial charge on any atom is 0.243 e. The first-order chi connectivity index (χ1) is 14.5. The number of para-hydroxylation sites is 1. The minimum Gasteiger partial charge on any atom is -0.347 e. The second-order valence-electron chi connectivity index (χ2n) is 7.12. The highest BCUT2D eigenvalue weighted by Crippen LogP contribution is 2.30. The number of rotatable bonds is 6. The molecular formula is C24H22FN3O2. The number of aromatic nitrogens is 1. The molecule has 152 valence electrons. The van der Waals surface area contributed by atoms with Crippen molar-refractivity contribution in [2.45, 2.75) is 19.9 Å². The number of hydrogen-bond acceptors (Lipinski definition) is 2. The molecule has 0 bridgehead atoms. The normalized spacial score (nSPS) is 11.0. The van der Waals surface area contributed by atoms with E-state index in [-0.39, 0.29) is 24.8 Å². The van der Waals surface area contributed by atoms with Crippen LogP contribution < -0.4 is 10.6 Å². The summed E-state index contributed by atoms with van der Waals surface area (Å²) in [7, 11) is 0. The fourth-order valence-corrected chi connectivity index (χ4v) is 3.75. The summed E-state index contributed by atoms with van der Waals surface area (Å²) in [5.74, 6) is -1.05. The molecule has 0 radical (unpaired) electrons. The third-order valence-corrected chi connectivity index (χ3v) is 5.07. The Hall–Kier alpha value is -3.67. The topological polar surface area (TPSA) is 63.1 Å². The molecule has 5 nitrogen and oxygen atoms in total. The average molecular weight is 403 g/mol. The van der Waals surface area contributed by atoms with E-state index in [4.69, 9.17) is 0 Å². The number of carbonyl (C=O) groups is 2. The van der Waals surface area contributed by atoms with E-state index in [0.29, 0.717) is 11.3 Å². The Kier molecular flexibility index (Phi) is 5.48. The van der Waals surface area contributed by atoms with E-state index in [0.717, 1.165) is 28.4 Å². The fourth-order valence-electron chi connectivity index (χ4n) is 3.75. The van der Waals surface area contributed by atoms with Crippen LogP contribution in [-0.4, -0.2) is 22.9 Å². The summed E-state index contributed by atoms with van der Waals surface area (Å²) in [6.45, 7) is 2.81. The van der Waals surface area contributed by atoms with Gasteiger partial charge in [-0.2, -0.15) is 0 Å². The van der Waals surface area contributed by atoms with Crippen LogP contribution in [-0.2, 0) is 22.6 Å². The van der Waals surface area contributed by atoms with Gasteiger partial charge in [-0.15, -0.1) is 0 Å². The molecule has 30 heavy (non-hydrogen) atoms. The second-order valence-corrected chi connectivity index (χ2v) is 7.12. The summed E-state index contributed by atoms with van der Waals surface area (Å²) in [5.41, 5.74) is 3.50. The van der Waals surface area contributed by atoms with Crippen LogP contribution in [0.3, 0.4) is 0 Å². The molecule has 6 heteroatoms. The van der Waals surface area contributed by atoms with Gasteiger partial charge in [0.1, 0.15) is 5.82 Å². The van der Waals surface area contributed by atoms with E-state index in [1.807, 2.05) is 30.3 Å². The van der Waals surface area contributed by atoms with Crippen LogP contribution in [0.4, 0.5) is 10.1 Å². The zero-order valence-corrected chi connectivity index (χ0v) is 16.6. The van der Waals surface area contributed by atoms with Crippen molar-refractivity contribution < 1.29 is 14.0 Å². The van der Waals surface area contributed by atoms with E-state index in [1.54, 1.807) is 12.1 Å². The minimum absolute atomic E-state index is 0.0214. The third-order valence-electron chi connectivity index (χ3n) is 5.07. The van der Waals surface area contributed by atoms with Crippen molar-refractivity contribution in [3.63, 3.8) is 0 Å². The van der Waals surface area contributed by atoms with Crippen LogP contribution in [0.25, 0.3) is 21.8 Å². The molecule has 2 N–H and O–H groups in total. The quantitative estimate of drug-likeness (QED) is 0.506. The summed E-state index contributed by atoms with van der Waals surface area (Å²) < 4.78 is 15.4. The lowest BCUT2D eigenvalue weighted by atomic mass is 10.1. The van der Waals surface area contributed by atoms with Crippen LogP contribution >= 0.6 is 0 Å². The summed E-state index contributed by atoms with van der Waals surface area (Å²) in [6.07, 6.45) is 0.0214. The van der Waals surface area contributed by atoms with Crippen molar-refractivity contribution >= 4 is 39.3 Å². The van der Waals surface area contributed by atoms with Crippen molar-refractivity contribution in [3.8, 4) is 0 Å². The molecule has 0 aliphatic carbocycles. The molecule has 4 rings (SSSR count). The first-order valence-corrected chi connectivity index (χ1v) is 9.87. The van der Waals surface area contributed by atoms with E-state index in [2.05, 4.69) is 34.3 Å². The van der Waals surface area contributed by atoms with Gasteiger partial charge in [-0.25, -0.2) is 4.39 Å². The fraction of sp³-hybridized carbons (Fsp3) is 0.167. The Morgan fingerprint density at radius 2 is 1.70 bits per heavy atom. The number of halogens is 1. The summed E-state index contributed by atoms with van der Waals surface area (Å²) in [5, 5.41) is 7.61. The Morgan fingerprint density at radius 1 is 0.900 bits per heavy atom. The number of aryl methyl sites for hydroxylation is 1. The van der Waals surface area contributed by atoms with Crippen molar-refractivity contribution in [3.05, 3.63) is 78.1 Å². The lowest BCUT2D eigenvalue weighted by Crippen LogP contribution is -2.33. The highest BCUT2D eigenvalue weighted by molar-refractivity contribution is 6.10. The maximum atomic E-state index is 13.2. The van der Waals surface area contributed by atoms with E-state index in [9.17, 15) is 14.0 Å². The number of hydrogen-bond donors (Lipinski definition) is 2. The molecule has 0 fully saturated rings. The zero-order chi connectivity index (χ0) is 21.1. The Balaban J connectivity index is 1.43. The summed E-state index contributed by atoms with van der Waals surface area (Å²) in [4.78, 5) is 24.3. The van der Waals surface area contributed by atoms with E-state index < -0.39 is 5.82 Å². The highest BCUT2D eigenvalue weighted by atomic mass is 19.1. The molecule has 0 saturated carbocycles. The number of nitrogens with one attached hydrogen (secondary N) is 2. The molecule has 1 aromatic heterocycles. The monoisotopic (exact) mass is 403 g/mol. The van der Waals surface area contributed by atoms with Crippen LogP contribution in [0, 0.1) is 5.82 Å². The van der Waals surface area contributed by atoms with Crippen LogP contribution in [0.1, 0.15) is 12.5 Å². The predicted molar refractivity (Wildman–Crippen MR) is 117 cm³/mol. The van der Waals surface area contributed by atoms with Crippen molar-refractivity contribution in [2.24, 2.45) is 0 Å². The lowest BCUT2D eigenvalue weighted by molar-refractivity contribution is -0.123. The van der Waals surface area contributed by atoms with E-state index >= 15 is 0 Å². The van der Waals surface area contributed by atoms with Crippen molar-refractivity contribution in [1.29, 1.82) is 0 Å². The number of fused-ring (bicyclic) bond motifs is 3. The Morgan fingerprint density at radius 3 is 2.50 bits per heavy atom. The molecule has 0 aliphatic heterocycles. The molecular weight excluding hydrogens is 381 g/mol. The van der Waals surface area contributed by atoms with Crippen LogP contribution in [0.2, 0.25) is 0 Å². The standard InChI is InChI=1S/C24H22FN3O2/c1-2-28-21-9-4-3-8-19(21)20-14-18(10-11-22(20)28)27-24(30)15-26-23(29)13-16-6-5-7-17(25)12-16/h3-12,14H,2,13,15H2,1H3,(H,26,29)(H,27,30). The summed E-state index contributed by atoms with van der Waals surface area (Å²) >= 11 is 0. The van der Waals surface area contributed by atoms with Crippen molar-refractivity contribution in [1.82, 2.24) is 9.88 Å². The average Bonchev–Trinajstić information content (AvgIpc) is 3.05. The van der Waals surface area contributed by atoms with Gasteiger partial charge in [0.25, 0.3) is 0 Å². The predicted octanol–water partition coefficient (Wildman–Crippen LogP) is 4.25. The smallest absolute Gasteiger partial charge is 0.243 e. The first-order valence-electron chi connectivity index (χ1n) is 9.87. The van der Waals surface area contributed by atoms with Gasteiger partial charge < -0.3 is 15.2 Å². The molecule has 0 spiro atoms. The van der Waals surface area contributed by atoms with Gasteiger partial charge in [0.05, 0.1) is 13.0 Å². The van der Waals surface area contributed by atoms with Gasteiger partial charge in [0, 0.05) is 34.0 Å².